The van der Waals surface area contributed by atoms with Crippen molar-refractivity contribution < 1.29 is 14.3 Å². The minimum absolute atomic E-state index is 0.0122. The summed E-state index contributed by atoms with van der Waals surface area (Å²) in [6.07, 6.45) is 6.34. The molecule has 1 aromatic heterocycles. The second-order valence-electron chi connectivity index (χ2n) is 6.81. The van der Waals surface area contributed by atoms with E-state index >= 15 is 0 Å². The van der Waals surface area contributed by atoms with Crippen LogP contribution in [0.15, 0.2) is 60.0 Å². The van der Waals surface area contributed by atoms with E-state index in [0.29, 0.717) is 18.6 Å². The number of hydrogen-bond acceptors (Lipinski definition) is 5. The summed E-state index contributed by atoms with van der Waals surface area (Å²) in [5.41, 5.74) is 7.21. The van der Waals surface area contributed by atoms with E-state index in [9.17, 15) is 9.59 Å². The molecule has 0 saturated carbocycles. The molecule has 1 heterocycles. The van der Waals surface area contributed by atoms with Crippen LogP contribution in [-0.4, -0.2) is 54.3 Å². The van der Waals surface area contributed by atoms with E-state index in [0.717, 1.165) is 27.8 Å². The maximum atomic E-state index is 11.8. The van der Waals surface area contributed by atoms with E-state index in [2.05, 4.69) is 26.8 Å². The number of nitrogens with one attached hydrogen (secondary N) is 2. The molecule has 2 aromatic carbocycles. The highest BCUT2D eigenvalue weighted by molar-refractivity contribution is 5.84. The fraction of sp³-hybridized carbons (Fsp3) is 0.182. The molecule has 8 nitrogen and oxygen atoms in total. The second-order valence-corrected chi connectivity index (χ2v) is 6.81. The molecule has 0 fully saturated rings. The fourth-order valence-electron chi connectivity index (χ4n) is 2.85. The highest BCUT2D eigenvalue weighted by Gasteiger charge is 2.09. The van der Waals surface area contributed by atoms with Crippen molar-refractivity contribution in [3.05, 3.63) is 71.5 Å². The number of nitrogens with zero attached hydrogens (tertiary/aromatic N) is 3. The Hall–Kier alpha value is -3.94. The van der Waals surface area contributed by atoms with Crippen molar-refractivity contribution in [1.29, 1.82) is 0 Å². The maximum absolute atomic E-state index is 11.8. The summed E-state index contributed by atoms with van der Waals surface area (Å²) in [6, 6.07) is 13.6. The van der Waals surface area contributed by atoms with E-state index in [-0.39, 0.29) is 12.5 Å². The third kappa shape index (κ3) is 5.54. The molecule has 0 atom stereocenters. The molecule has 154 valence electrons. The number of carbonyl (C=O) groups is 2. The lowest BCUT2D eigenvalue weighted by Crippen LogP contribution is -2.27. The lowest BCUT2D eigenvalue weighted by molar-refractivity contribution is -0.130. The van der Waals surface area contributed by atoms with Gasteiger partial charge in [-0.05, 0) is 40.8 Å². The Kier molecular flexibility index (Phi) is 6.94. The van der Waals surface area contributed by atoms with Gasteiger partial charge < -0.3 is 9.64 Å². The van der Waals surface area contributed by atoms with Gasteiger partial charge in [0.05, 0.1) is 12.4 Å². The molecule has 3 rings (SSSR count). The molecular weight excluding hydrogens is 382 g/mol. The monoisotopic (exact) mass is 405 g/mol. The number of aromatic nitrogens is 2. The topological polar surface area (TPSA) is 99.7 Å². The Morgan fingerprint density at radius 3 is 2.83 bits per heavy atom. The van der Waals surface area contributed by atoms with E-state index < -0.39 is 0 Å². The molecule has 30 heavy (non-hydrogen) atoms. The van der Waals surface area contributed by atoms with Gasteiger partial charge in [0, 0.05) is 25.9 Å². The third-order valence-electron chi connectivity index (χ3n) is 4.46. The molecule has 0 aliphatic carbocycles. The molecular formula is C22H23N5O3. The Morgan fingerprint density at radius 2 is 2.10 bits per heavy atom. The Morgan fingerprint density at radius 1 is 1.23 bits per heavy atom. The van der Waals surface area contributed by atoms with Crippen LogP contribution in [0.2, 0.25) is 0 Å². The first-order valence-corrected chi connectivity index (χ1v) is 9.33. The summed E-state index contributed by atoms with van der Waals surface area (Å²) in [4.78, 5) is 23.7. The van der Waals surface area contributed by atoms with Crippen LogP contribution in [0.1, 0.15) is 16.7 Å². The average molecular weight is 405 g/mol. The zero-order chi connectivity index (χ0) is 21.3. The van der Waals surface area contributed by atoms with E-state index in [1.807, 2.05) is 42.6 Å². The van der Waals surface area contributed by atoms with Crippen molar-refractivity contribution in [2.45, 2.75) is 6.42 Å². The number of ether oxygens (including phenoxy) is 1. The standard InChI is InChI=1S/C22H23N5O3/c1-27(2)22(29)14-30-21-5-3-4-16(9-21)8-19-10-17(20-12-23-24-13-20)6-7-18(19)11-25-26-15-28/h3-7,9-13,15H,8,14H2,1-2H3,(H,23,24)(H,26,28)/b25-11-. The molecule has 0 unspecified atom stereocenters. The first-order chi connectivity index (χ1) is 14.6. The molecule has 0 aliphatic heterocycles. The Balaban J connectivity index is 1.84. The lowest BCUT2D eigenvalue weighted by atomic mass is 9.96. The first-order valence-electron chi connectivity index (χ1n) is 9.33. The van der Waals surface area contributed by atoms with Crippen LogP contribution in [0.25, 0.3) is 11.1 Å². The van der Waals surface area contributed by atoms with E-state index in [1.165, 1.54) is 4.90 Å². The number of aromatic amines is 1. The molecule has 0 spiro atoms. The van der Waals surface area contributed by atoms with Gasteiger partial charge >= 0.3 is 0 Å². The lowest BCUT2D eigenvalue weighted by Gasteiger charge is -2.13. The minimum Gasteiger partial charge on any atom is -0.484 e. The van der Waals surface area contributed by atoms with Crippen molar-refractivity contribution in [3.63, 3.8) is 0 Å². The van der Waals surface area contributed by atoms with Crippen LogP contribution in [0.3, 0.4) is 0 Å². The number of benzene rings is 2. The van der Waals surface area contributed by atoms with Crippen molar-refractivity contribution >= 4 is 18.5 Å². The number of amides is 2. The minimum atomic E-state index is -0.102. The SMILES string of the molecule is CN(C)C(=O)COc1cccc(Cc2cc(-c3cn[nH]c3)ccc2/C=N\NC=O)c1. The predicted molar refractivity (Wildman–Crippen MR) is 114 cm³/mol. The second kappa shape index (κ2) is 10.0. The summed E-state index contributed by atoms with van der Waals surface area (Å²) >= 11 is 0. The molecule has 0 saturated heterocycles. The van der Waals surface area contributed by atoms with Gasteiger partial charge in [-0.3, -0.25) is 14.7 Å². The molecule has 0 bridgehead atoms. The number of carbonyl (C=O) groups excluding carboxylic acids is 2. The molecule has 3 aromatic rings. The summed E-state index contributed by atoms with van der Waals surface area (Å²) in [6.45, 7) is -0.0122. The van der Waals surface area contributed by atoms with Crippen molar-refractivity contribution in [2.75, 3.05) is 20.7 Å². The smallest absolute Gasteiger partial charge is 0.259 e. The van der Waals surface area contributed by atoms with Crippen molar-refractivity contribution in [2.24, 2.45) is 5.10 Å². The first kappa shape index (κ1) is 20.8. The van der Waals surface area contributed by atoms with Crippen LogP contribution in [0, 0.1) is 0 Å². The summed E-state index contributed by atoms with van der Waals surface area (Å²) < 4.78 is 5.62. The van der Waals surface area contributed by atoms with Gasteiger partial charge in [-0.2, -0.15) is 10.2 Å². The predicted octanol–water partition coefficient (Wildman–Crippen LogP) is 2.21. The molecule has 8 heteroatoms. The van der Waals surface area contributed by atoms with Gasteiger partial charge in [0.1, 0.15) is 5.75 Å². The third-order valence-corrected chi connectivity index (χ3v) is 4.46. The maximum Gasteiger partial charge on any atom is 0.259 e. The average Bonchev–Trinajstić information content (AvgIpc) is 3.28. The van der Waals surface area contributed by atoms with E-state index in [1.54, 1.807) is 26.5 Å². The van der Waals surface area contributed by atoms with Gasteiger partial charge in [0.25, 0.3) is 5.91 Å². The zero-order valence-electron chi connectivity index (χ0n) is 16.8. The van der Waals surface area contributed by atoms with Crippen molar-refractivity contribution in [1.82, 2.24) is 20.5 Å². The number of hydrogen-bond donors (Lipinski definition) is 2. The summed E-state index contributed by atoms with van der Waals surface area (Å²) in [5.74, 6) is 0.529. The van der Waals surface area contributed by atoms with Gasteiger partial charge in [-0.15, -0.1) is 0 Å². The van der Waals surface area contributed by atoms with Gasteiger partial charge in [-0.25, -0.2) is 5.43 Å². The normalized spacial score (nSPS) is 10.7. The van der Waals surface area contributed by atoms with Crippen LogP contribution in [-0.2, 0) is 16.0 Å². The van der Waals surface area contributed by atoms with Crippen LogP contribution >= 0.6 is 0 Å². The molecule has 0 radical (unpaired) electrons. The summed E-state index contributed by atoms with van der Waals surface area (Å²) in [5, 5.41) is 10.7. The number of likely N-dealkylation sites (N-methyl/N-ethyl adjacent to an activating group) is 1. The van der Waals surface area contributed by atoms with Gasteiger partial charge in [0.2, 0.25) is 6.41 Å². The Labute approximate surface area is 174 Å². The molecule has 0 aliphatic rings. The van der Waals surface area contributed by atoms with Crippen molar-refractivity contribution in [3.8, 4) is 16.9 Å². The van der Waals surface area contributed by atoms with Crippen LogP contribution in [0.4, 0.5) is 0 Å². The number of hydrazone groups is 1. The number of rotatable bonds is 9. The molecule has 2 amide bonds. The highest BCUT2D eigenvalue weighted by Crippen LogP contribution is 2.24. The fourth-order valence-corrected chi connectivity index (χ4v) is 2.85. The largest absolute Gasteiger partial charge is 0.484 e. The molecule has 2 N–H and O–H groups in total. The van der Waals surface area contributed by atoms with Gasteiger partial charge in [0.15, 0.2) is 6.61 Å². The van der Waals surface area contributed by atoms with Crippen LogP contribution in [0.5, 0.6) is 5.75 Å². The highest BCUT2D eigenvalue weighted by atomic mass is 16.5. The number of H-pyrrole nitrogens is 1. The zero-order valence-corrected chi connectivity index (χ0v) is 16.8. The van der Waals surface area contributed by atoms with E-state index in [4.69, 9.17) is 4.74 Å². The Bertz CT molecular complexity index is 1030. The quantitative estimate of drug-likeness (QED) is 0.324. The van der Waals surface area contributed by atoms with Gasteiger partial charge in [-0.1, -0.05) is 30.3 Å². The van der Waals surface area contributed by atoms with Crippen LogP contribution < -0.4 is 10.2 Å². The summed E-state index contributed by atoms with van der Waals surface area (Å²) in [7, 11) is 3.38.